The summed E-state index contributed by atoms with van der Waals surface area (Å²) in [5.74, 6) is 0.197. The molecule has 2 heteroatoms. The van der Waals surface area contributed by atoms with Crippen LogP contribution in [0.2, 0.25) is 0 Å². The summed E-state index contributed by atoms with van der Waals surface area (Å²) in [4.78, 5) is 11.3. The van der Waals surface area contributed by atoms with E-state index in [0.29, 0.717) is 12.8 Å². The number of carbonyl (C=O) groups excluding carboxylic acids is 1. The van der Waals surface area contributed by atoms with Crippen LogP contribution in [-0.4, -0.2) is 5.78 Å². The number of rotatable bonds is 5. The molecular formula is C14H19NO. The largest absolute Gasteiger partial charge is 0.294 e. The van der Waals surface area contributed by atoms with Crippen molar-refractivity contribution in [1.82, 2.24) is 0 Å². The van der Waals surface area contributed by atoms with Gasteiger partial charge in [-0.1, -0.05) is 38.0 Å². The van der Waals surface area contributed by atoms with E-state index >= 15 is 0 Å². The molecular weight excluding hydrogens is 198 g/mol. The number of ketones is 1. The molecule has 0 radical (unpaired) electrons. The molecule has 0 bridgehead atoms. The van der Waals surface area contributed by atoms with Crippen LogP contribution in [0.5, 0.6) is 0 Å². The molecule has 0 aliphatic heterocycles. The van der Waals surface area contributed by atoms with Crippen molar-refractivity contribution in [2.75, 3.05) is 0 Å². The maximum Gasteiger partial charge on any atom is 0.159 e. The summed E-state index contributed by atoms with van der Waals surface area (Å²) >= 11 is 0. The zero-order chi connectivity index (χ0) is 12.0. The molecule has 0 unspecified atom stereocenters. The smallest absolute Gasteiger partial charge is 0.159 e. The summed E-state index contributed by atoms with van der Waals surface area (Å²) in [6.45, 7) is 4.36. The summed E-state index contributed by atoms with van der Waals surface area (Å²) in [7, 11) is 0. The topological polar surface area (TPSA) is 40.9 Å². The van der Waals surface area contributed by atoms with Gasteiger partial charge < -0.3 is 0 Å². The number of nitrogens with zero attached hydrogens (tertiary/aromatic N) is 1. The highest BCUT2D eigenvalue weighted by molar-refractivity contribution is 5.93. The molecule has 0 spiro atoms. The van der Waals surface area contributed by atoms with Crippen LogP contribution in [0.3, 0.4) is 0 Å². The van der Waals surface area contributed by atoms with Crippen molar-refractivity contribution in [1.29, 1.82) is 5.26 Å². The van der Waals surface area contributed by atoms with E-state index < -0.39 is 0 Å². The van der Waals surface area contributed by atoms with E-state index in [-0.39, 0.29) is 11.2 Å². The van der Waals surface area contributed by atoms with Crippen molar-refractivity contribution in [3.8, 4) is 6.07 Å². The minimum atomic E-state index is 0.0792. The van der Waals surface area contributed by atoms with Crippen LogP contribution < -0.4 is 0 Å². The van der Waals surface area contributed by atoms with E-state index in [1.165, 1.54) is 5.57 Å². The summed E-state index contributed by atoms with van der Waals surface area (Å²) in [5.41, 5.74) is 1.30. The third-order valence-electron chi connectivity index (χ3n) is 3.15. The molecule has 1 rings (SSSR count). The first kappa shape index (κ1) is 12.7. The Labute approximate surface area is 97.7 Å². The van der Waals surface area contributed by atoms with Gasteiger partial charge in [0, 0.05) is 12.8 Å². The molecule has 1 aliphatic carbocycles. The van der Waals surface area contributed by atoms with Gasteiger partial charge in [-0.2, -0.15) is 5.26 Å². The van der Waals surface area contributed by atoms with Gasteiger partial charge in [0.25, 0.3) is 0 Å². The number of carbonyl (C=O) groups is 1. The zero-order valence-electron chi connectivity index (χ0n) is 10.1. The molecule has 0 aromatic heterocycles. The zero-order valence-corrected chi connectivity index (χ0v) is 10.1. The van der Waals surface area contributed by atoms with Gasteiger partial charge in [0.05, 0.1) is 6.07 Å². The first-order chi connectivity index (χ1) is 7.56. The van der Waals surface area contributed by atoms with Crippen molar-refractivity contribution in [2.45, 2.75) is 46.0 Å². The van der Waals surface area contributed by atoms with Gasteiger partial charge in [0.2, 0.25) is 0 Å². The fourth-order valence-electron chi connectivity index (χ4n) is 1.97. The highest BCUT2D eigenvalue weighted by Gasteiger charge is 2.24. The first-order valence-corrected chi connectivity index (χ1v) is 5.84. The summed E-state index contributed by atoms with van der Waals surface area (Å²) in [6.07, 6.45) is 9.78. The average molecular weight is 217 g/mol. The Bertz CT molecular complexity index is 355. The van der Waals surface area contributed by atoms with Gasteiger partial charge in [0.1, 0.15) is 0 Å². The van der Waals surface area contributed by atoms with E-state index in [2.05, 4.69) is 26.0 Å². The van der Waals surface area contributed by atoms with Gasteiger partial charge in [-0.15, -0.1) is 0 Å². The Morgan fingerprint density at radius 3 is 2.81 bits per heavy atom. The normalized spacial score (nSPS) is 15.8. The van der Waals surface area contributed by atoms with Crippen LogP contribution in [0.1, 0.15) is 46.0 Å². The highest BCUT2D eigenvalue weighted by Crippen LogP contribution is 2.35. The lowest BCUT2D eigenvalue weighted by Crippen LogP contribution is -2.18. The number of hydrogen-bond acceptors (Lipinski definition) is 2. The monoisotopic (exact) mass is 217 g/mol. The number of nitriles is 1. The Hall–Kier alpha value is -1.36. The second-order valence-corrected chi connectivity index (χ2v) is 4.94. The lowest BCUT2D eigenvalue weighted by Gasteiger charge is -2.28. The van der Waals surface area contributed by atoms with E-state index in [1.54, 1.807) is 6.08 Å². The number of unbranched alkanes of at least 4 members (excludes halogenated alkanes) is 2. The van der Waals surface area contributed by atoms with Crippen LogP contribution in [0, 0.1) is 16.7 Å². The predicted molar refractivity (Wildman–Crippen MR) is 64.7 cm³/mol. The maximum absolute atomic E-state index is 11.3. The van der Waals surface area contributed by atoms with Crippen LogP contribution in [0.15, 0.2) is 23.8 Å². The fraction of sp³-hybridized carbons (Fsp3) is 0.571. The quantitative estimate of drug-likeness (QED) is 0.661. The minimum absolute atomic E-state index is 0.0792. The molecule has 0 fully saturated rings. The van der Waals surface area contributed by atoms with E-state index in [0.717, 1.165) is 19.3 Å². The molecule has 86 valence electrons. The summed E-state index contributed by atoms with van der Waals surface area (Å²) in [6, 6.07) is 2.16. The van der Waals surface area contributed by atoms with Crippen molar-refractivity contribution in [3.63, 3.8) is 0 Å². The average Bonchev–Trinajstić information content (AvgIpc) is 2.24. The van der Waals surface area contributed by atoms with Gasteiger partial charge in [-0.25, -0.2) is 0 Å². The molecule has 0 heterocycles. The minimum Gasteiger partial charge on any atom is -0.294 e. The van der Waals surface area contributed by atoms with Crippen molar-refractivity contribution in [3.05, 3.63) is 23.8 Å². The highest BCUT2D eigenvalue weighted by atomic mass is 16.1. The van der Waals surface area contributed by atoms with Crippen LogP contribution in [0.25, 0.3) is 0 Å². The third kappa shape index (κ3) is 3.66. The van der Waals surface area contributed by atoms with E-state index in [9.17, 15) is 4.79 Å². The van der Waals surface area contributed by atoms with Gasteiger partial charge >= 0.3 is 0 Å². The summed E-state index contributed by atoms with van der Waals surface area (Å²) < 4.78 is 0. The molecule has 0 saturated carbocycles. The molecule has 0 aromatic rings. The lowest BCUT2D eigenvalue weighted by atomic mass is 9.76. The van der Waals surface area contributed by atoms with Gasteiger partial charge in [-0.3, -0.25) is 4.79 Å². The Kier molecular flexibility index (Phi) is 4.49. The Morgan fingerprint density at radius 2 is 2.19 bits per heavy atom. The van der Waals surface area contributed by atoms with E-state index in [1.807, 2.05) is 6.08 Å². The molecule has 0 saturated heterocycles. The fourth-order valence-corrected chi connectivity index (χ4v) is 1.97. The number of hydrogen-bond donors (Lipinski definition) is 0. The van der Waals surface area contributed by atoms with Crippen molar-refractivity contribution in [2.24, 2.45) is 5.41 Å². The summed E-state index contributed by atoms with van der Waals surface area (Å²) in [5, 5.41) is 8.46. The van der Waals surface area contributed by atoms with Gasteiger partial charge in [-0.05, 0) is 24.3 Å². The lowest BCUT2D eigenvalue weighted by molar-refractivity contribution is -0.114. The SMILES string of the molecule is CC(C)(CCCCC#N)C1=CC=CC(=O)C1. The molecule has 16 heavy (non-hydrogen) atoms. The molecule has 0 atom stereocenters. The molecule has 0 aromatic carbocycles. The molecule has 1 aliphatic rings. The molecule has 2 nitrogen and oxygen atoms in total. The molecule has 0 amide bonds. The standard InChI is InChI=1S/C14H19NO/c1-14(2,9-4-3-5-10-15)12-7-6-8-13(16)11-12/h6-8H,3-5,9,11H2,1-2H3. The van der Waals surface area contributed by atoms with Crippen molar-refractivity contribution < 1.29 is 4.79 Å². The van der Waals surface area contributed by atoms with Gasteiger partial charge in [0.15, 0.2) is 5.78 Å². The second-order valence-electron chi connectivity index (χ2n) is 4.94. The van der Waals surface area contributed by atoms with E-state index in [4.69, 9.17) is 5.26 Å². The van der Waals surface area contributed by atoms with Crippen LogP contribution >= 0.6 is 0 Å². The second kappa shape index (κ2) is 5.65. The van der Waals surface area contributed by atoms with Crippen molar-refractivity contribution >= 4 is 5.78 Å². The Morgan fingerprint density at radius 1 is 1.44 bits per heavy atom. The predicted octanol–water partition coefficient (Wildman–Crippen LogP) is 3.55. The third-order valence-corrected chi connectivity index (χ3v) is 3.15. The molecule has 0 N–H and O–H groups in total. The first-order valence-electron chi connectivity index (χ1n) is 5.84. The van der Waals surface area contributed by atoms with Crippen LogP contribution in [0.4, 0.5) is 0 Å². The number of allylic oxidation sites excluding steroid dienone is 4. The Balaban J connectivity index is 2.50. The maximum atomic E-state index is 11.3. The van der Waals surface area contributed by atoms with Crippen LogP contribution in [-0.2, 0) is 4.79 Å².